The third-order valence-electron chi connectivity index (χ3n) is 18.6. The van der Waals surface area contributed by atoms with E-state index in [2.05, 4.69) is 19.2 Å². The van der Waals surface area contributed by atoms with Gasteiger partial charge in [0.1, 0.15) is 48.8 Å². The van der Waals surface area contributed by atoms with Crippen LogP contribution in [0.1, 0.15) is 354 Å². The van der Waals surface area contributed by atoms with E-state index in [1.54, 1.807) is 0 Å². The van der Waals surface area contributed by atoms with Gasteiger partial charge in [0.15, 0.2) is 12.6 Å². The fraction of sp³-hybridized carbons (Fsp3) is 0.986. The monoisotopic (exact) mass is 1210 g/mol. The van der Waals surface area contributed by atoms with Crippen molar-refractivity contribution in [3.63, 3.8) is 0 Å². The average molecular weight is 1210 g/mol. The van der Waals surface area contributed by atoms with E-state index in [0.717, 1.165) is 51.4 Å². The molecule has 0 aromatic heterocycles. The summed E-state index contributed by atoms with van der Waals surface area (Å²) in [5, 5.41) is 87.7. The number of rotatable bonds is 62. The summed E-state index contributed by atoms with van der Waals surface area (Å²) in [5.41, 5.74) is 0. The summed E-state index contributed by atoms with van der Waals surface area (Å²) in [4.78, 5) is 13.4. The van der Waals surface area contributed by atoms with Crippen LogP contribution < -0.4 is 5.32 Å². The Morgan fingerprint density at radius 3 is 1.00 bits per heavy atom. The van der Waals surface area contributed by atoms with Crippen LogP contribution in [0, 0.1) is 0 Å². The Morgan fingerprint density at radius 1 is 0.376 bits per heavy atom. The van der Waals surface area contributed by atoms with Crippen LogP contribution in [0.25, 0.3) is 0 Å². The number of aliphatic hydroxyl groups excluding tert-OH is 8. The van der Waals surface area contributed by atoms with Crippen molar-refractivity contribution in [3.8, 4) is 0 Å². The third-order valence-corrected chi connectivity index (χ3v) is 18.6. The van der Waals surface area contributed by atoms with Gasteiger partial charge in [-0.1, -0.05) is 335 Å². The van der Waals surface area contributed by atoms with Gasteiger partial charge in [0.05, 0.1) is 32.0 Å². The van der Waals surface area contributed by atoms with Gasteiger partial charge in [-0.15, -0.1) is 0 Å². The Kier molecular flexibility index (Phi) is 53.6. The number of ether oxygens (including phenoxy) is 4. The molecule has 14 heteroatoms. The number of hydrogen-bond donors (Lipinski definition) is 9. The molecule has 85 heavy (non-hydrogen) atoms. The smallest absolute Gasteiger partial charge is 0.220 e. The van der Waals surface area contributed by atoms with E-state index >= 15 is 0 Å². The number of amides is 1. The lowest BCUT2D eigenvalue weighted by Crippen LogP contribution is -2.65. The Hall–Kier alpha value is -1.01. The highest BCUT2D eigenvalue weighted by atomic mass is 16.7. The molecule has 0 spiro atoms. The fourth-order valence-corrected chi connectivity index (χ4v) is 12.7. The second-order valence-electron chi connectivity index (χ2n) is 26.4. The standard InChI is InChI=1S/C71H139NO13/c1-3-5-7-9-11-13-15-17-19-21-23-25-27-29-30-31-33-35-37-39-41-43-45-47-49-51-53-55-63(76)72-59(58-82-70-68(81)66(79)69(62(57-74)84-70)85-71-67(80)65(78)64(77)61(56-73)83-71)60(75)54-52-50-48-46-44-42-40-38-36-34-32-28-26-24-22-20-18-16-14-12-10-8-6-4-2/h59-62,64-71,73-75,77-81H,3-58H2,1-2H3,(H,72,76). The molecular formula is C71H139NO13. The molecule has 0 bridgehead atoms. The first-order chi connectivity index (χ1) is 41.6. The quantitative estimate of drug-likeness (QED) is 0.0259. The number of carbonyl (C=O) groups excluding carboxylic acids is 1. The summed E-state index contributed by atoms with van der Waals surface area (Å²) in [6.07, 6.45) is 51.2. The van der Waals surface area contributed by atoms with Crippen molar-refractivity contribution in [3.05, 3.63) is 0 Å². The molecule has 506 valence electrons. The zero-order valence-electron chi connectivity index (χ0n) is 55.1. The highest BCUT2D eigenvalue weighted by molar-refractivity contribution is 5.76. The van der Waals surface area contributed by atoms with Gasteiger partial charge in [0.2, 0.25) is 5.91 Å². The van der Waals surface area contributed by atoms with Crippen molar-refractivity contribution in [2.45, 2.75) is 428 Å². The second-order valence-corrected chi connectivity index (χ2v) is 26.4. The van der Waals surface area contributed by atoms with E-state index in [1.807, 2.05) is 0 Å². The summed E-state index contributed by atoms with van der Waals surface area (Å²) in [7, 11) is 0. The van der Waals surface area contributed by atoms with E-state index in [0.29, 0.717) is 12.8 Å². The lowest BCUT2D eigenvalue weighted by molar-refractivity contribution is -0.359. The van der Waals surface area contributed by atoms with Crippen molar-refractivity contribution >= 4 is 5.91 Å². The molecule has 12 atom stereocenters. The maximum atomic E-state index is 13.4. The molecular weight excluding hydrogens is 1070 g/mol. The number of carbonyl (C=O) groups is 1. The molecule has 1 amide bonds. The van der Waals surface area contributed by atoms with Gasteiger partial charge in [-0.05, 0) is 12.8 Å². The van der Waals surface area contributed by atoms with E-state index in [-0.39, 0.29) is 12.5 Å². The molecule has 2 aliphatic heterocycles. The Morgan fingerprint density at radius 2 is 0.671 bits per heavy atom. The lowest BCUT2D eigenvalue weighted by atomic mass is 9.97. The van der Waals surface area contributed by atoms with Crippen molar-refractivity contribution in [1.82, 2.24) is 5.32 Å². The summed E-state index contributed by atoms with van der Waals surface area (Å²) < 4.78 is 23.0. The molecule has 0 aromatic carbocycles. The van der Waals surface area contributed by atoms with Crippen LogP contribution in [0.2, 0.25) is 0 Å². The van der Waals surface area contributed by atoms with Gasteiger partial charge >= 0.3 is 0 Å². The molecule has 0 aliphatic carbocycles. The maximum absolute atomic E-state index is 13.4. The molecule has 2 aliphatic rings. The van der Waals surface area contributed by atoms with Gasteiger partial charge in [-0.3, -0.25) is 4.79 Å². The topological polar surface area (TPSA) is 228 Å². The summed E-state index contributed by atoms with van der Waals surface area (Å²) in [6, 6.07) is -0.824. The van der Waals surface area contributed by atoms with E-state index in [9.17, 15) is 45.6 Å². The molecule has 2 heterocycles. The molecule has 0 radical (unpaired) electrons. The van der Waals surface area contributed by atoms with Crippen LogP contribution >= 0.6 is 0 Å². The summed E-state index contributed by atoms with van der Waals surface area (Å²) in [5.74, 6) is -0.196. The molecule has 2 fully saturated rings. The number of hydrogen-bond acceptors (Lipinski definition) is 13. The van der Waals surface area contributed by atoms with Gasteiger partial charge < -0.3 is 65.1 Å². The third kappa shape index (κ3) is 41.2. The number of nitrogens with one attached hydrogen (secondary N) is 1. The average Bonchev–Trinajstić information content (AvgIpc) is 3.68. The van der Waals surface area contributed by atoms with Crippen molar-refractivity contribution < 1.29 is 64.6 Å². The zero-order valence-corrected chi connectivity index (χ0v) is 55.1. The molecule has 2 saturated heterocycles. The van der Waals surface area contributed by atoms with Crippen LogP contribution in [0.15, 0.2) is 0 Å². The minimum atomic E-state index is -1.78. The fourth-order valence-electron chi connectivity index (χ4n) is 12.7. The van der Waals surface area contributed by atoms with Crippen LogP contribution in [0.3, 0.4) is 0 Å². The maximum Gasteiger partial charge on any atom is 0.220 e. The lowest BCUT2D eigenvalue weighted by Gasteiger charge is -2.46. The summed E-state index contributed by atoms with van der Waals surface area (Å²) in [6.45, 7) is 2.94. The van der Waals surface area contributed by atoms with Gasteiger partial charge in [0.25, 0.3) is 0 Å². The van der Waals surface area contributed by atoms with Gasteiger partial charge in [0, 0.05) is 6.42 Å². The van der Waals surface area contributed by atoms with Crippen LogP contribution in [0.5, 0.6) is 0 Å². The molecule has 2 rings (SSSR count). The van der Waals surface area contributed by atoms with Crippen molar-refractivity contribution in [2.75, 3.05) is 19.8 Å². The molecule has 0 saturated carbocycles. The summed E-state index contributed by atoms with van der Waals surface area (Å²) >= 11 is 0. The normalized spacial score (nSPS) is 23.4. The van der Waals surface area contributed by atoms with Crippen molar-refractivity contribution in [1.29, 1.82) is 0 Å². The van der Waals surface area contributed by atoms with Crippen LogP contribution in [-0.2, 0) is 23.7 Å². The molecule has 9 N–H and O–H groups in total. The van der Waals surface area contributed by atoms with E-state index in [4.69, 9.17) is 18.9 Å². The van der Waals surface area contributed by atoms with Gasteiger partial charge in [-0.25, -0.2) is 0 Å². The van der Waals surface area contributed by atoms with Crippen LogP contribution in [-0.4, -0.2) is 140 Å². The Labute approximate surface area is 521 Å². The van der Waals surface area contributed by atoms with E-state index in [1.165, 1.54) is 276 Å². The molecule has 0 aromatic rings. The van der Waals surface area contributed by atoms with Crippen LogP contribution in [0.4, 0.5) is 0 Å². The first kappa shape index (κ1) is 80.1. The predicted molar refractivity (Wildman–Crippen MR) is 346 cm³/mol. The predicted octanol–water partition coefficient (Wildman–Crippen LogP) is 15.2. The first-order valence-corrected chi connectivity index (χ1v) is 36.8. The Bertz CT molecular complexity index is 1430. The minimum absolute atomic E-state index is 0.196. The molecule has 12 unspecified atom stereocenters. The Balaban J connectivity index is 1.64. The van der Waals surface area contributed by atoms with Gasteiger partial charge in [-0.2, -0.15) is 0 Å². The zero-order chi connectivity index (χ0) is 61.6. The highest BCUT2D eigenvalue weighted by Crippen LogP contribution is 2.30. The second kappa shape index (κ2) is 56.9. The number of aliphatic hydroxyl groups is 8. The first-order valence-electron chi connectivity index (χ1n) is 36.8. The van der Waals surface area contributed by atoms with E-state index < -0.39 is 86.8 Å². The number of unbranched alkanes of at least 4 members (excludes halogenated alkanes) is 49. The minimum Gasteiger partial charge on any atom is -0.394 e. The highest BCUT2D eigenvalue weighted by Gasteiger charge is 2.51. The largest absolute Gasteiger partial charge is 0.394 e. The van der Waals surface area contributed by atoms with Crippen molar-refractivity contribution in [2.24, 2.45) is 0 Å². The molecule has 14 nitrogen and oxygen atoms in total. The SMILES string of the molecule is CCCCCCCCCCCCCCCCCCCCCCCCCCCCCC(=O)NC(COC1OC(CO)C(OC2OC(CO)C(O)C(O)C2O)C(O)C1O)C(O)CCCCCCCCCCCCCCCCCCCCCCCCCC.